The molecule has 12 aromatic carbocycles. The summed E-state index contributed by atoms with van der Waals surface area (Å²) in [5, 5.41) is 10.1. The molecule has 93 heavy (non-hydrogen) atoms. The third-order valence-corrected chi connectivity index (χ3v) is 19.8. The normalized spacial score (nSPS) is 12.7. The van der Waals surface area contributed by atoms with Crippen LogP contribution in [0.2, 0.25) is 0 Å². The number of fused-ring (bicyclic) bond motifs is 12. The van der Waals surface area contributed by atoms with Gasteiger partial charge in [0.15, 0.2) is 0 Å². The summed E-state index contributed by atoms with van der Waals surface area (Å²) in [6, 6.07) is 83.1. The van der Waals surface area contributed by atoms with Crippen LogP contribution in [0.4, 0.5) is 0 Å². The van der Waals surface area contributed by atoms with Gasteiger partial charge < -0.3 is 8.83 Å². The number of thiophene rings is 2. The van der Waals surface area contributed by atoms with Crippen LogP contribution in [-0.2, 0) is 21.7 Å². The molecule has 0 N–H and O–H groups in total. The van der Waals surface area contributed by atoms with Gasteiger partial charge in [0, 0.05) is 67.5 Å². The summed E-state index contributed by atoms with van der Waals surface area (Å²) in [5.41, 5.74) is 18.0. The molecule has 0 aliphatic rings. The highest BCUT2D eigenvalue weighted by molar-refractivity contribution is 7.26. The van der Waals surface area contributed by atoms with Crippen molar-refractivity contribution in [3.05, 3.63) is 289 Å². The lowest BCUT2D eigenvalue weighted by atomic mass is 9.79. The first-order valence-electron chi connectivity index (χ1n) is 34.3. The molecule has 4 aromatic heterocycles. The Bertz CT molecular complexity index is 5400. The molecule has 16 rings (SSSR count). The van der Waals surface area contributed by atoms with E-state index in [-0.39, 0.29) is 45.8 Å². The summed E-state index contributed by atoms with van der Waals surface area (Å²) >= 11 is 3.82. The largest absolute Gasteiger partial charge is 0.456 e. The van der Waals surface area contributed by atoms with Gasteiger partial charge in [0.1, 0.15) is 22.3 Å². The molecule has 0 atom stereocenters. The standard InChI is InChI=1S/C23H22O.C22H20O.2C22H20S/c1-15-8-7-9-16(14-15)17-12-13-19-18-10-5-6-11-20(18)24-22(19)21(17)23(2,3)4;1-22(2,3)21-16(15-9-5-4-6-10-15)13-14-19-20(21)17-11-7-8-12-18(17)23-19;1-22(2,3)20-16(15-9-5-4-6-10-15)13-14-18-17-11-7-8-12-19(17)23-21(18)20;1-22(2,3)21-16(15-9-5-4-6-10-15)13-14-19-20(21)17-11-7-8-12-18(17)23-19/h5-14H,1-4H3;3*4-14H,1-3H3/i7D,8D,9D,14D;;;. The van der Waals surface area contributed by atoms with Crippen molar-refractivity contribution in [3.63, 3.8) is 0 Å². The van der Waals surface area contributed by atoms with Crippen LogP contribution in [0.25, 0.3) is 129 Å². The molecular weight excluding hydrogens is 1170 g/mol. The van der Waals surface area contributed by atoms with E-state index in [0.717, 1.165) is 44.2 Å². The van der Waals surface area contributed by atoms with E-state index in [1.807, 2.05) is 71.2 Å². The summed E-state index contributed by atoms with van der Waals surface area (Å²) < 4.78 is 51.1. The first-order chi connectivity index (χ1) is 46.3. The second kappa shape index (κ2) is 25.0. The third-order valence-electron chi connectivity index (χ3n) is 17.5. The van der Waals surface area contributed by atoms with Crippen molar-refractivity contribution in [2.75, 3.05) is 0 Å². The first kappa shape index (κ1) is 57.6. The van der Waals surface area contributed by atoms with Gasteiger partial charge in [-0.05, 0) is 132 Å². The zero-order valence-electron chi connectivity index (χ0n) is 59.6. The molecule has 0 aliphatic heterocycles. The Hall–Kier alpha value is -9.32. The number of hydrogen-bond donors (Lipinski definition) is 0. The molecule has 0 saturated carbocycles. The number of furan rings is 2. The molecule has 0 fully saturated rings. The maximum Gasteiger partial charge on any atom is 0.139 e. The summed E-state index contributed by atoms with van der Waals surface area (Å²) in [6.45, 7) is 28.7. The van der Waals surface area contributed by atoms with Crippen molar-refractivity contribution < 1.29 is 14.3 Å². The van der Waals surface area contributed by atoms with Crippen LogP contribution in [-0.4, -0.2) is 0 Å². The highest BCUT2D eigenvalue weighted by atomic mass is 32.1. The Morgan fingerprint density at radius 2 is 0.731 bits per heavy atom. The van der Waals surface area contributed by atoms with Crippen LogP contribution in [0.1, 0.15) is 116 Å². The molecule has 0 bridgehead atoms. The minimum absolute atomic E-state index is 0.0251. The van der Waals surface area contributed by atoms with E-state index >= 15 is 0 Å². The highest BCUT2D eigenvalue weighted by Crippen LogP contribution is 2.48. The molecule has 0 amide bonds. The Morgan fingerprint density at radius 1 is 0.301 bits per heavy atom. The zero-order valence-corrected chi connectivity index (χ0v) is 57.3. The van der Waals surface area contributed by atoms with Crippen LogP contribution in [0.5, 0.6) is 0 Å². The van der Waals surface area contributed by atoms with Gasteiger partial charge in [-0.1, -0.05) is 307 Å². The van der Waals surface area contributed by atoms with Gasteiger partial charge in [0.2, 0.25) is 0 Å². The lowest BCUT2D eigenvalue weighted by Gasteiger charge is -2.25. The Labute approximate surface area is 562 Å². The molecule has 0 unspecified atom stereocenters. The monoisotopic (exact) mass is 1250 g/mol. The zero-order chi connectivity index (χ0) is 68.5. The van der Waals surface area contributed by atoms with E-state index in [4.69, 9.17) is 14.3 Å². The average Bonchev–Trinajstić information content (AvgIpc) is 1.71. The maximum atomic E-state index is 8.57. The Balaban J connectivity index is 0.000000117. The van der Waals surface area contributed by atoms with Gasteiger partial charge in [0.05, 0.1) is 5.48 Å². The van der Waals surface area contributed by atoms with Crippen LogP contribution < -0.4 is 0 Å². The van der Waals surface area contributed by atoms with E-state index in [9.17, 15) is 0 Å². The van der Waals surface area contributed by atoms with Crippen LogP contribution >= 0.6 is 22.7 Å². The number of para-hydroxylation sites is 2. The lowest BCUT2D eigenvalue weighted by Crippen LogP contribution is -2.13. The third kappa shape index (κ3) is 12.4. The van der Waals surface area contributed by atoms with Crippen LogP contribution in [0, 0.1) is 6.92 Å². The van der Waals surface area contributed by atoms with Crippen molar-refractivity contribution in [2.45, 2.75) is 112 Å². The van der Waals surface area contributed by atoms with E-state index in [2.05, 4.69) is 271 Å². The molecule has 2 nitrogen and oxygen atoms in total. The predicted molar refractivity (Wildman–Crippen MR) is 407 cm³/mol. The second-order valence-electron chi connectivity index (χ2n) is 28.4. The van der Waals surface area contributed by atoms with Gasteiger partial charge in [-0.15, -0.1) is 22.7 Å². The number of rotatable bonds is 4. The molecule has 0 spiro atoms. The summed E-state index contributed by atoms with van der Waals surface area (Å²) in [7, 11) is 0. The van der Waals surface area contributed by atoms with Crippen molar-refractivity contribution >= 4 is 107 Å². The number of benzene rings is 12. The van der Waals surface area contributed by atoms with Crippen molar-refractivity contribution in [1.82, 2.24) is 0 Å². The summed E-state index contributed by atoms with van der Waals surface area (Å²) in [6.07, 6.45) is 0. The van der Waals surface area contributed by atoms with Crippen LogP contribution in [0.15, 0.2) is 270 Å². The van der Waals surface area contributed by atoms with E-state index in [0.29, 0.717) is 11.1 Å². The fourth-order valence-electron chi connectivity index (χ4n) is 13.6. The number of hydrogen-bond acceptors (Lipinski definition) is 4. The minimum Gasteiger partial charge on any atom is -0.456 e. The SMILES string of the molecule is CC(C)(C)c1c(-c2ccccc2)ccc2c1sc1ccccc12.CC(C)(C)c1c(-c2ccccc2)ccc2oc3ccccc3c12.CC(C)(C)c1c(-c2ccccc2)ccc2sc3ccccc3c12.[2H]c1c([2H])c(C)c([2H])c(-c2ccc3c(oc4ccccc43)c2C(C)(C)C)c1[2H]. The van der Waals surface area contributed by atoms with Crippen molar-refractivity contribution in [3.8, 4) is 44.5 Å². The summed E-state index contributed by atoms with van der Waals surface area (Å²) in [5.74, 6) is 0. The summed E-state index contributed by atoms with van der Waals surface area (Å²) in [4.78, 5) is 0. The smallest absolute Gasteiger partial charge is 0.139 e. The van der Waals surface area contributed by atoms with Gasteiger partial charge in [-0.2, -0.15) is 0 Å². The molecule has 16 aromatic rings. The molecule has 4 heterocycles. The first-order valence-corrected chi connectivity index (χ1v) is 34.0. The Morgan fingerprint density at radius 3 is 1.30 bits per heavy atom. The molecule has 0 aliphatic carbocycles. The minimum atomic E-state index is -0.308. The van der Waals surface area contributed by atoms with Crippen molar-refractivity contribution in [1.29, 1.82) is 0 Å². The second-order valence-corrected chi connectivity index (χ2v) is 30.6. The molecule has 4 heteroatoms. The quantitative estimate of drug-likeness (QED) is 0.176. The maximum absolute atomic E-state index is 8.57. The van der Waals surface area contributed by atoms with E-state index in [1.165, 1.54) is 101 Å². The molecule has 462 valence electrons. The topological polar surface area (TPSA) is 26.3 Å². The highest BCUT2D eigenvalue weighted by Gasteiger charge is 2.29. The molecule has 0 radical (unpaired) electrons. The average molecular weight is 1250 g/mol. The fraction of sp³-hybridized carbons (Fsp3) is 0.191. The van der Waals surface area contributed by atoms with Gasteiger partial charge in [0.25, 0.3) is 0 Å². The van der Waals surface area contributed by atoms with Crippen molar-refractivity contribution in [2.24, 2.45) is 0 Å². The molecular formula is C89H82O2S2. The Kier molecular flexibility index (Phi) is 15.4. The van der Waals surface area contributed by atoms with Gasteiger partial charge in [-0.3, -0.25) is 0 Å². The van der Waals surface area contributed by atoms with Gasteiger partial charge >= 0.3 is 0 Å². The predicted octanol–water partition coefficient (Wildman–Crippen LogP) is 27.4. The lowest BCUT2D eigenvalue weighted by molar-refractivity contribution is 0.574. The fourth-order valence-corrected chi connectivity index (χ4v) is 16.2. The molecule has 0 saturated heterocycles. The van der Waals surface area contributed by atoms with E-state index < -0.39 is 0 Å². The van der Waals surface area contributed by atoms with E-state index in [1.54, 1.807) is 6.92 Å². The van der Waals surface area contributed by atoms with Crippen LogP contribution in [0.3, 0.4) is 0 Å². The van der Waals surface area contributed by atoms with Gasteiger partial charge in [-0.25, -0.2) is 0 Å².